The van der Waals surface area contributed by atoms with Crippen molar-refractivity contribution in [2.24, 2.45) is 11.8 Å². The lowest BCUT2D eigenvalue weighted by atomic mass is 9.98. The lowest BCUT2D eigenvalue weighted by Crippen LogP contribution is -2.31. The molecule has 4 heteroatoms. The normalized spacial score (nSPS) is 17.0. The van der Waals surface area contributed by atoms with E-state index in [-0.39, 0.29) is 23.9 Å². The van der Waals surface area contributed by atoms with E-state index in [9.17, 15) is 9.90 Å². The molecule has 0 heterocycles. The third-order valence-corrected chi connectivity index (χ3v) is 3.65. The number of aliphatic hydroxyl groups is 1. The monoisotopic (exact) mass is 306 g/mol. The minimum absolute atomic E-state index is 0.113. The van der Waals surface area contributed by atoms with Gasteiger partial charge >= 0.3 is 5.97 Å². The first kappa shape index (κ1) is 18.4. The number of esters is 1. The molecule has 0 aliphatic rings. The number of ether oxygens (including phenoxy) is 2. The second-order valence-electron chi connectivity index (χ2n) is 5.55. The van der Waals surface area contributed by atoms with E-state index in [4.69, 9.17) is 4.74 Å². The van der Waals surface area contributed by atoms with Gasteiger partial charge in [-0.25, -0.2) is 0 Å². The van der Waals surface area contributed by atoms with Crippen LogP contribution in [0.2, 0.25) is 0 Å². The molecule has 0 fully saturated rings. The number of aliphatic hydroxyl groups excluding tert-OH is 1. The third kappa shape index (κ3) is 6.00. The molecule has 1 aromatic carbocycles. The molecule has 0 radical (unpaired) electrons. The average molecular weight is 306 g/mol. The summed E-state index contributed by atoms with van der Waals surface area (Å²) in [5.41, 5.74) is 1.07. The van der Waals surface area contributed by atoms with E-state index in [1.54, 1.807) is 13.0 Å². The van der Waals surface area contributed by atoms with Crippen LogP contribution in [0, 0.1) is 11.8 Å². The Morgan fingerprint density at radius 3 is 2.41 bits per heavy atom. The zero-order valence-corrected chi connectivity index (χ0v) is 13.7. The van der Waals surface area contributed by atoms with Crippen molar-refractivity contribution in [3.05, 3.63) is 48.0 Å². The standard InChI is InChI=1S/C18H26O4/c1-13(10-11-14(2)18(20)21-4)17(19)15(3)22-12-16-8-6-5-7-9-16/h5-11,13-15,17,19H,12H2,1-4H3/b11-10+/t13-,14+,15-,17-/m0/s1. The predicted octanol–water partition coefficient (Wildman–Crippen LogP) is 2.95. The summed E-state index contributed by atoms with van der Waals surface area (Å²) in [7, 11) is 1.37. The highest BCUT2D eigenvalue weighted by Crippen LogP contribution is 2.15. The van der Waals surface area contributed by atoms with E-state index < -0.39 is 6.10 Å². The lowest BCUT2D eigenvalue weighted by molar-refractivity contribution is -0.143. The maximum atomic E-state index is 11.3. The lowest BCUT2D eigenvalue weighted by Gasteiger charge is -2.23. The molecule has 1 aromatic rings. The Balaban J connectivity index is 2.46. The van der Waals surface area contributed by atoms with Crippen LogP contribution in [0.25, 0.3) is 0 Å². The van der Waals surface area contributed by atoms with Gasteiger partial charge in [-0.05, 0) is 19.4 Å². The van der Waals surface area contributed by atoms with Crippen molar-refractivity contribution in [2.45, 2.75) is 39.6 Å². The summed E-state index contributed by atoms with van der Waals surface area (Å²) in [5.74, 6) is -0.718. The van der Waals surface area contributed by atoms with E-state index >= 15 is 0 Å². The zero-order valence-electron chi connectivity index (χ0n) is 13.7. The molecule has 4 atom stereocenters. The third-order valence-electron chi connectivity index (χ3n) is 3.65. The minimum atomic E-state index is -0.634. The van der Waals surface area contributed by atoms with Crippen molar-refractivity contribution >= 4 is 5.97 Å². The molecule has 22 heavy (non-hydrogen) atoms. The van der Waals surface area contributed by atoms with Crippen molar-refractivity contribution < 1.29 is 19.4 Å². The smallest absolute Gasteiger partial charge is 0.312 e. The molecule has 0 aromatic heterocycles. The Bertz CT molecular complexity index is 469. The summed E-state index contributed by atoms with van der Waals surface area (Å²) in [6.45, 7) is 5.97. The Morgan fingerprint density at radius 1 is 1.18 bits per heavy atom. The molecule has 4 nitrogen and oxygen atoms in total. The van der Waals surface area contributed by atoms with Crippen molar-refractivity contribution in [1.29, 1.82) is 0 Å². The van der Waals surface area contributed by atoms with Gasteiger partial charge in [0.2, 0.25) is 0 Å². The highest BCUT2D eigenvalue weighted by atomic mass is 16.5. The first-order valence-electron chi connectivity index (χ1n) is 7.55. The molecular weight excluding hydrogens is 280 g/mol. The van der Waals surface area contributed by atoms with Crippen LogP contribution in [-0.4, -0.2) is 30.4 Å². The van der Waals surface area contributed by atoms with Gasteiger partial charge in [-0.1, -0.05) is 49.4 Å². The average Bonchev–Trinajstić information content (AvgIpc) is 2.56. The van der Waals surface area contributed by atoms with Crippen molar-refractivity contribution in [2.75, 3.05) is 7.11 Å². The van der Waals surface area contributed by atoms with Gasteiger partial charge in [0.25, 0.3) is 0 Å². The molecule has 1 N–H and O–H groups in total. The van der Waals surface area contributed by atoms with Crippen molar-refractivity contribution in [3.63, 3.8) is 0 Å². The van der Waals surface area contributed by atoms with Crippen molar-refractivity contribution in [1.82, 2.24) is 0 Å². The summed E-state index contributed by atoms with van der Waals surface area (Å²) >= 11 is 0. The molecule has 0 amide bonds. The number of carbonyl (C=O) groups excluding carboxylic acids is 1. The maximum absolute atomic E-state index is 11.3. The number of carbonyl (C=O) groups is 1. The van der Waals surface area contributed by atoms with Crippen LogP contribution in [-0.2, 0) is 20.9 Å². The highest BCUT2D eigenvalue weighted by Gasteiger charge is 2.20. The Kier molecular flexibility index (Phi) is 7.85. The van der Waals surface area contributed by atoms with Crippen LogP contribution in [0.1, 0.15) is 26.3 Å². The van der Waals surface area contributed by atoms with Crippen LogP contribution in [0.15, 0.2) is 42.5 Å². The molecule has 0 bridgehead atoms. The van der Waals surface area contributed by atoms with Gasteiger partial charge in [0, 0.05) is 5.92 Å². The van der Waals surface area contributed by atoms with Gasteiger partial charge in [0.05, 0.1) is 31.8 Å². The molecule has 0 spiro atoms. The molecular formula is C18H26O4. The summed E-state index contributed by atoms with van der Waals surface area (Å²) in [5, 5.41) is 10.3. The first-order chi connectivity index (χ1) is 10.5. The van der Waals surface area contributed by atoms with Crippen LogP contribution in [0.5, 0.6) is 0 Å². The minimum Gasteiger partial charge on any atom is -0.469 e. The topological polar surface area (TPSA) is 55.8 Å². The summed E-state index contributed by atoms with van der Waals surface area (Å²) in [6.07, 6.45) is 2.65. The number of benzene rings is 1. The van der Waals surface area contributed by atoms with E-state index in [1.165, 1.54) is 7.11 Å². The van der Waals surface area contributed by atoms with Crippen LogP contribution >= 0.6 is 0 Å². The second-order valence-corrected chi connectivity index (χ2v) is 5.55. The van der Waals surface area contributed by atoms with Crippen molar-refractivity contribution in [3.8, 4) is 0 Å². The number of hydrogen-bond acceptors (Lipinski definition) is 4. The number of rotatable bonds is 8. The molecule has 0 unspecified atom stereocenters. The van der Waals surface area contributed by atoms with Gasteiger partial charge in [0.1, 0.15) is 0 Å². The van der Waals surface area contributed by atoms with Gasteiger partial charge in [-0.2, -0.15) is 0 Å². The van der Waals surface area contributed by atoms with Crippen LogP contribution in [0.3, 0.4) is 0 Å². The van der Waals surface area contributed by atoms with Crippen LogP contribution < -0.4 is 0 Å². The van der Waals surface area contributed by atoms with E-state index in [0.717, 1.165) is 5.56 Å². The quantitative estimate of drug-likeness (QED) is 0.592. The number of hydrogen-bond donors (Lipinski definition) is 1. The van der Waals surface area contributed by atoms with Gasteiger partial charge in [-0.15, -0.1) is 0 Å². The second kappa shape index (κ2) is 9.38. The molecule has 122 valence electrons. The molecule has 0 aliphatic carbocycles. The van der Waals surface area contributed by atoms with Gasteiger partial charge in [-0.3, -0.25) is 4.79 Å². The molecule has 1 rings (SSSR count). The molecule has 0 saturated heterocycles. The summed E-state index contributed by atoms with van der Waals surface area (Å²) in [4.78, 5) is 11.3. The molecule has 0 aliphatic heterocycles. The molecule has 0 saturated carbocycles. The SMILES string of the molecule is COC(=O)[C@H](C)/C=C/[C@H](C)[C@H](O)[C@H](C)OCc1ccccc1. The Labute approximate surface area is 132 Å². The zero-order chi connectivity index (χ0) is 16.5. The van der Waals surface area contributed by atoms with Gasteiger partial charge < -0.3 is 14.6 Å². The number of methoxy groups -OCH3 is 1. The van der Waals surface area contributed by atoms with E-state index in [1.807, 2.05) is 50.3 Å². The van der Waals surface area contributed by atoms with Gasteiger partial charge in [0.15, 0.2) is 0 Å². The summed E-state index contributed by atoms with van der Waals surface area (Å²) in [6, 6.07) is 9.84. The largest absolute Gasteiger partial charge is 0.469 e. The van der Waals surface area contributed by atoms with E-state index in [0.29, 0.717) is 6.61 Å². The fraction of sp³-hybridized carbons (Fsp3) is 0.500. The Hall–Kier alpha value is -1.65. The first-order valence-corrected chi connectivity index (χ1v) is 7.55. The van der Waals surface area contributed by atoms with Crippen LogP contribution in [0.4, 0.5) is 0 Å². The Morgan fingerprint density at radius 2 is 1.82 bits per heavy atom. The highest BCUT2D eigenvalue weighted by molar-refractivity contribution is 5.73. The predicted molar refractivity (Wildman–Crippen MR) is 86.2 cm³/mol. The maximum Gasteiger partial charge on any atom is 0.312 e. The van der Waals surface area contributed by atoms with E-state index in [2.05, 4.69) is 4.74 Å². The summed E-state index contributed by atoms with van der Waals surface area (Å²) < 4.78 is 10.4. The fourth-order valence-corrected chi connectivity index (χ4v) is 2.05. The fourth-order valence-electron chi connectivity index (χ4n) is 2.05.